The summed E-state index contributed by atoms with van der Waals surface area (Å²) in [6.07, 6.45) is 4.71. The molecule has 0 aliphatic heterocycles. The van der Waals surface area contributed by atoms with Crippen molar-refractivity contribution in [2.24, 2.45) is 11.8 Å². The van der Waals surface area contributed by atoms with Crippen LogP contribution in [0.1, 0.15) is 32.3 Å². The van der Waals surface area contributed by atoms with Gasteiger partial charge in [0.15, 0.2) is 5.78 Å². The van der Waals surface area contributed by atoms with Crippen LogP contribution in [-0.4, -0.2) is 5.78 Å². The van der Waals surface area contributed by atoms with Crippen LogP contribution in [0.2, 0.25) is 0 Å². The average molecular weight is 228 g/mol. The van der Waals surface area contributed by atoms with Gasteiger partial charge in [0.25, 0.3) is 0 Å². The first-order valence-corrected chi connectivity index (χ1v) is 6.45. The van der Waals surface area contributed by atoms with Gasteiger partial charge in [-0.2, -0.15) is 0 Å². The van der Waals surface area contributed by atoms with Crippen LogP contribution < -0.4 is 0 Å². The molecule has 0 amide bonds. The smallest absolute Gasteiger partial charge is 0.155 e. The molecule has 0 N–H and O–H groups in total. The molecule has 0 aromatic heterocycles. The topological polar surface area (TPSA) is 17.1 Å². The molecule has 1 nitrogen and oxygen atoms in total. The Kier molecular flexibility index (Phi) is 3.78. The van der Waals surface area contributed by atoms with Crippen molar-refractivity contribution in [2.75, 3.05) is 0 Å². The highest BCUT2D eigenvalue weighted by atomic mass is 16.1. The van der Waals surface area contributed by atoms with E-state index >= 15 is 0 Å². The number of ketones is 1. The summed E-state index contributed by atoms with van der Waals surface area (Å²) in [5, 5.41) is 0. The standard InChI is InChI=1S/C16H20O/c1-3-16-12(2)9-15(17)11-14(16)10-13-7-5-4-6-8-13/h4-9,14,16H,3,10-11H2,1-2H3. The van der Waals surface area contributed by atoms with E-state index in [4.69, 9.17) is 0 Å². The molecule has 0 spiro atoms. The third-order valence-electron chi connectivity index (χ3n) is 3.79. The van der Waals surface area contributed by atoms with E-state index in [9.17, 15) is 4.79 Å². The number of allylic oxidation sites excluding steroid dienone is 2. The molecule has 1 aliphatic rings. The van der Waals surface area contributed by atoms with Gasteiger partial charge in [-0.25, -0.2) is 0 Å². The first-order valence-electron chi connectivity index (χ1n) is 6.45. The van der Waals surface area contributed by atoms with E-state index in [1.165, 1.54) is 11.1 Å². The Morgan fingerprint density at radius 3 is 2.59 bits per heavy atom. The second-order valence-electron chi connectivity index (χ2n) is 5.02. The van der Waals surface area contributed by atoms with E-state index in [1.807, 2.05) is 12.1 Å². The van der Waals surface area contributed by atoms with Crippen molar-refractivity contribution in [3.05, 3.63) is 47.5 Å². The van der Waals surface area contributed by atoms with Gasteiger partial charge < -0.3 is 0 Å². The average Bonchev–Trinajstić information content (AvgIpc) is 2.30. The Bertz CT molecular complexity index is 416. The maximum Gasteiger partial charge on any atom is 0.155 e. The molecule has 1 aromatic carbocycles. The minimum atomic E-state index is 0.299. The molecule has 1 aliphatic carbocycles. The summed E-state index contributed by atoms with van der Waals surface area (Å²) in [5.41, 5.74) is 2.61. The van der Waals surface area contributed by atoms with E-state index in [0.29, 0.717) is 24.0 Å². The van der Waals surface area contributed by atoms with Gasteiger partial charge in [-0.1, -0.05) is 42.8 Å². The fourth-order valence-electron chi connectivity index (χ4n) is 2.98. The molecule has 1 aromatic rings. The summed E-state index contributed by atoms with van der Waals surface area (Å²) >= 11 is 0. The lowest BCUT2D eigenvalue weighted by Crippen LogP contribution is -2.25. The molecule has 0 bridgehead atoms. The summed E-state index contributed by atoms with van der Waals surface area (Å²) < 4.78 is 0. The second-order valence-corrected chi connectivity index (χ2v) is 5.02. The first kappa shape index (κ1) is 12.1. The molecule has 0 saturated carbocycles. The van der Waals surface area contributed by atoms with Crippen molar-refractivity contribution in [1.29, 1.82) is 0 Å². The maximum absolute atomic E-state index is 11.7. The molecule has 2 rings (SSSR count). The van der Waals surface area contributed by atoms with Gasteiger partial charge in [0, 0.05) is 6.42 Å². The predicted molar refractivity (Wildman–Crippen MR) is 70.8 cm³/mol. The fourth-order valence-corrected chi connectivity index (χ4v) is 2.98. The van der Waals surface area contributed by atoms with Gasteiger partial charge in [-0.05, 0) is 43.2 Å². The Hall–Kier alpha value is -1.37. The van der Waals surface area contributed by atoms with Crippen molar-refractivity contribution in [2.45, 2.75) is 33.1 Å². The van der Waals surface area contributed by atoms with Crippen LogP contribution >= 0.6 is 0 Å². The highest BCUT2D eigenvalue weighted by molar-refractivity contribution is 5.91. The molecular weight excluding hydrogens is 208 g/mol. The van der Waals surface area contributed by atoms with Crippen molar-refractivity contribution in [3.63, 3.8) is 0 Å². The summed E-state index contributed by atoms with van der Waals surface area (Å²) in [6, 6.07) is 10.5. The lowest BCUT2D eigenvalue weighted by atomic mass is 9.74. The lowest BCUT2D eigenvalue weighted by molar-refractivity contribution is -0.116. The normalized spacial score (nSPS) is 24.6. The molecule has 0 saturated heterocycles. The molecule has 0 fully saturated rings. The third-order valence-corrected chi connectivity index (χ3v) is 3.79. The molecule has 1 heteroatoms. The van der Waals surface area contributed by atoms with E-state index in [2.05, 4.69) is 38.1 Å². The molecular formula is C16H20O. The number of hydrogen-bond acceptors (Lipinski definition) is 1. The predicted octanol–water partition coefficient (Wildman–Crippen LogP) is 3.79. The van der Waals surface area contributed by atoms with Crippen molar-refractivity contribution < 1.29 is 4.79 Å². The monoisotopic (exact) mass is 228 g/mol. The van der Waals surface area contributed by atoms with Crippen LogP contribution in [-0.2, 0) is 11.2 Å². The van der Waals surface area contributed by atoms with Crippen LogP contribution in [0, 0.1) is 11.8 Å². The molecule has 17 heavy (non-hydrogen) atoms. The number of rotatable bonds is 3. The van der Waals surface area contributed by atoms with Gasteiger partial charge in [-0.15, -0.1) is 0 Å². The van der Waals surface area contributed by atoms with Crippen molar-refractivity contribution in [1.82, 2.24) is 0 Å². The van der Waals surface area contributed by atoms with Gasteiger partial charge in [-0.3, -0.25) is 4.79 Å². The van der Waals surface area contributed by atoms with Crippen molar-refractivity contribution >= 4 is 5.78 Å². The third kappa shape index (κ3) is 2.85. The van der Waals surface area contributed by atoms with Gasteiger partial charge in [0.05, 0.1) is 0 Å². The summed E-state index contributed by atoms with van der Waals surface area (Å²) in [7, 11) is 0. The first-order chi connectivity index (χ1) is 8.20. The zero-order valence-electron chi connectivity index (χ0n) is 10.6. The van der Waals surface area contributed by atoms with E-state index < -0.39 is 0 Å². The minimum absolute atomic E-state index is 0.299. The Morgan fingerprint density at radius 1 is 1.24 bits per heavy atom. The van der Waals surface area contributed by atoms with Crippen LogP contribution in [0.4, 0.5) is 0 Å². The van der Waals surface area contributed by atoms with E-state index in [0.717, 1.165) is 12.8 Å². The molecule has 90 valence electrons. The molecule has 0 radical (unpaired) electrons. The summed E-state index contributed by atoms with van der Waals surface area (Å²) in [6.45, 7) is 4.32. The zero-order valence-corrected chi connectivity index (χ0v) is 10.6. The van der Waals surface area contributed by atoms with E-state index in [-0.39, 0.29) is 0 Å². The Labute approximate surface area is 104 Å². The number of hydrogen-bond donors (Lipinski definition) is 0. The fraction of sp³-hybridized carbons (Fsp3) is 0.438. The summed E-state index contributed by atoms with van der Waals surface area (Å²) in [4.78, 5) is 11.7. The van der Waals surface area contributed by atoms with Gasteiger partial charge >= 0.3 is 0 Å². The quantitative estimate of drug-likeness (QED) is 0.769. The van der Waals surface area contributed by atoms with Crippen LogP contribution in [0.25, 0.3) is 0 Å². The largest absolute Gasteiger partial charge is 0.295 e. The lowest BCUT2D eigenvalue weighted by Gasteiger charge is -2.30. The molecule has 0 heterocycles. The number of carbonyl (C=O) groups excluding carboxylic acids is 1. The van der Waals surface area contributed by atoms with E-state index in [1.54, 1.807) is 0 Å². The summed E-state index contributed by atoms with van der Waals surface area (Å²) in [5.74, 6) is 1.36. The Morgan fingerprint density at radius 2 is 1.94 bits per heavy atom. The van der Waals surface area contributed by atoms with Crippen LogP contribution in [0.5, 0.6) is 0 Å². The SMILES string of the molecule is CCC1C(C)=CC(=O)CC1Cc1ccccc1. The molecule has 2 atom stereocenters. The highest BCUT2D eigenvalue weighted by Gasteiger charge is 2.27. The highest BCUT2D eigenvalue weighted by Crippen LogP contribution is 2.33. The molecule has 2 unspecified atom stereocenters. The zero-order chi connectivity index (χ0) is 12.3. The van der Waals surface area contributed by atoms with Gasteiger partial charge in [0.1, 0.15) is 0 Å². The van der Waals surface area contributed by atoms with Crippen molar-refractivity contribution in [3.8, 4) is 0 Å². The van der Waals surface area contributed by atoms with Crippen LogP contribution in [0.3, 0.4) is 0 Å². The second kappa shape index (κ2) is 5.31. The number of benzene rings is 1. The Balaban J connectivity index is 2.15. The maximum atomic E-state index is 11.7. The van der Waals surface area contributed by atoms with Crippen LogP contribution in [0.15, 0.2) is 42.0 Å². The minimum Gasteiger partial charge on any atom is -0.295 e. The number of carbonyl (C=O) groups is 1. The van der Waals surface area contributed by atoms with Gasteiger partial charge in [0.2, 0.25) is 0 Å².